The Morgan fingerprint density at radius 2 is 2.15 bits per heavy atom. The molecule has 1 aliphatic carbocycles. The maximum Gasteiger partial charge on any atom is 0.0798 e. The van der Waals surface area contributed by atoms with Crippen LogP contribution in [0.2, 0.25) is 0 Å². The summed E-state index contributed by atoms with van der Waals surface area (Å²) in [6.07, 6.45) is 2.43. The summed E-state index contributed by atoms with van der Waals surface area (Å²) in [7, 11) is 0. The smallest absolute Gasteiger partial charge is 0.0798 e. The van der Waals surface area contributed by atoms with Crippen LogP contribution in [-0.2, 0) is 13.0 Å². The van der Waals surface area contributed by atoms with Crippen LogP contribution in [0.25, 0.3) is 0 Å². The summed E-state index contributed by atoms with van der Waals surface area (Å²) in [5.74, 6) is 0. The third-order valence-corrected chi connectivity index (χ3v) is 5.43. The largest absolute Gasteiger partial charge is 0.304 e. The lowest BCUT2D eigenvalue weighted by Gasteiger charge is -2.40. The van der Waals surface area contributed by atoms with E-state index >= 15 is 0 Å². The molecule has 106 valence electrons. The van der Waals surface area contributed by atoms with Crippen molar-refractivity contribution < 1.29 is 0 Å². The molecule has 0 spiro atoms. The van der Waals surface area contributed by atoms with Gasteiger partial charge in [-0.1, -0.05) is 38.1 Å². The fraction of sp³-hybridized carbons (Fsp3) is 0.471. The van der Waals surface area contributed by atoms with Crippen molar-refractivity contribution in [3.05, 3.63) is 51.5 Å². The number of rotatable bonds is 3. The summed E-state index contributed by atoms with van der Waals surface area (Å²) in [5.41, 5.74) is 6.37. The van der Waals surface area contributed by atoms with Crippen molar-refractivity contribution in [3.8, 4) is 0 Å². The number of hydrogen-bond donors (Lipinski definition) is 1. The summed E-state index contributed by atoms with van der Waals surface area (Å²) in [5, 5.41) is 3.78. The lowest BCUT2D eigenvalue weighted by molar-refractivity contribution is 0.208. The van der Waals surface area contributed by atoms with Gasteiger partial charge >= 0.3 is 0 Å². The number of nitrogens with one attached hydrogen (secondary N) is 1. The standard InChI is InChI=1S/C17H22N2S/c1-12-15(20-11-19-12)10-18-16-14-7-5-4-6-13(14)8-9-17(16,2)3/h4-7,11,16,18H,8-10H2,1-3H3. The second-order valence-corrected chi connectivity index (χ2v) is 7.30. The molecule has 1 unspecified atom stereocenters. The second-order valence-electron chi connectivity index (χ2n) is 6.36. The van der Waals surface area contributed by atoms with E-state index in [1.54, 1.807) is 11.3 Å². The fourth-order valence-electron chi connectivity index (χ4n) is 3.14. The third-order valence-electron chi connectivity index (χ3n) is 4.50. The van der Waals surface area contributed by atoms with Gasteiger partial charge in [0.1, 0.15) is 0 Å². The van der Waals surface area contributed by atoms with Gasteiger partial charge in [0.05, 0.1) is 11.2 Å². The first-order chi connectivity index (χ1) is 9.58. The molecule has 1 aromatic carbocycles. The van der Waals surface area contributed by atoms with Crippen LogP contribution < -0.4 is 5.32 Å². The van der Waals surface area contributed by atoms with Crippen LogP contribution in [0, 0.1) is 12.3 Å². The van der Waals surface area contributed by atoms with Gasteiger partial charge in [-0.2, -0.15) is 0 Å². The molecule has 2 aromatic rings. The number of hydrogen-bond acceptors (Lipinski definition) is 3. The minimum Gasteiger partial charge on any atom is -0.304 e. The number of aromatic nitrogens is 1. The van der Waals surface area contributed by atoms with Gasteiger partial charge in [-0.25, -0.2) is 4.98 Å². The monoisotopic (exact) mass is 286 g/mol. The zero-order chi connectivity index (χ0) is 14.2. The van der Waals surface area contributed by atoms with Crippen molar-refractivity contribution in [1.82, 2.24) is 10.3 Å². The predicted molar refractivity (Wildman–Crippen MR) is 85.0 cm³/mol. The zero-order valence-electron chi connectivity index (χ0n) is 12.4. The third kappa shape index (κ3) is 2.52. The molecule has 2 nitrogen and oxygen atoms in total. The summed E-state index contributed by atoms with van der Waals surface area (Å²) >= 11 is 1.75. The molecule has 20 heavy (non-hydrogen) atoms. The van der Waals surface area contributed by atoms with Crippen LogP contribution in [0.4, 0.5) is 0 Å². The van der Waals surface area contributed by atoms with Crippen LogP contribution >= 0.6 is 11.3 Å². The maximum atomic E-state index is 4.34. The Labute approximate surface area is 125 Å². The highest BCUT2D eigenvalue weighted by atomic mass is 32.1. The number of fused-ring (bicyclic) bond motifs is 1. The number of nitrogens with zero attached hydrogens (tertiary/aromatic N) is 1. The number of aryl methyl sites for hydroxylation is 2. The first-order valence-corrected chi connectivity index (χ1v) is 8.16. The lowest BCUT2D eigenvalue weighted by Crippen LogP contribution is -2.37. The van der Waals surface area contributed by atoms with Crippen LogP contribution in [0.5, 0.6) is 0 Å². The molecule has 1 heterocycles. The van der Waals surface area contributed by atoms with E-state index in [4.69, 9.17) is 0 Å². The Morgan fingerprint density at radius 1 is 1.35 bits per heavy atom. The van der Waals surface area contributed by atoms with Gasteiger partial charge < -0.3 is 5.32 Å². The minimum atomic E-state index is 0.299. The molecule has 0 amide bonds. The Hall–Kier alpha value is -1.19. The van der Waals surface area contributed by atoms with Gasteiger partial charge in [0.15, 0.2) is 0 Å². The zero-order valence-corrected chi connectivity index (χ0v) is 13.3. The summed E-state index contributed by atoms with van der Waals surface area (Å²) in [6.45, 7) is 7.76. The highest BCUT2D eigenvalue weighted by Gasteiger charge is 2.35. The second kappa shape index (κ2) is 5.30. The normalized spacial score (nSPS) is 20.6. The summed E-state index contributed by atoms with van der Waals surface area (Å²) < 4.78 is 0. The van der Waals surface area contributed by atoms with Crippen LogP contribution in [0.3, 0.4) is 0 Å². The Kier molecular flexibility index (Phi) is 3.65. The Bertz CT molecular complexity index is 601. The van der Waals surface area contributed by atoms with Crippen molar-refractivity contribution in [2.24, 2.45) is 5.41 Å². The molecule has 0 saturated heterocycles. The fourth-order valence-corrected chi connectivity index (χ4v) is 3.87. The van der Waals surface area contributed by atoms with E-state index in [0.29, 0.717) is 11.5 Å². The first-order valence-electron chi connectivity index (χ1n) is 7.28. The quantitative estimate of drug-likeness (QED) is 0.912. The van der Waals surface area contributed by atoms with Gasteiger partial charge in [-0.3, -0.25) is 0 Å². The van der Waals surface area contributed by atoms with Crippen LogP contribution in [0.1, 0.15) is 48.0 Å². The average Bonchev–Trinajstić information content (AvgIpc) is 2.83. The SMILES string of the molecule is Cc1ncsc1CNC1c2ccccc2CCC1(C)C. The first kappa shape index (κ1) is 13.8. The number of benzene rings is 1. The molecule has 0 aliphatic heterocycles. The van der Waals surface area contributed by atoms with Crippen LogP contribution in [-0.4, -0.2) is 4.98 Å². The average molecular weight is 286 g/mol. The summed E-state index contributed by atoms with van der Waals surface area (Å²) in [4.78, 5) is 5.69. The molecular formula is C17H22N2S. The molecule has 0 radical (unpaired) electrons. The van der Waals surface area contributed by atoms with Gasteiger partial charge in [0, 0.05) is 17.5 Å². The van der Waals surface area contributed by atoms with E-state index in [9.17, 15) is 0 Å². The van der Waals surface area contributed by atoms with Crippen molar-refractivity contribution in [2.75, 3.05) is 0 Å². The van der Waals surface area contributed by atoms with Gasteiger partial charge in [-0.05, 0) is 36.3 Å². The van der Waals surface area contributed by atoms with E-state index in [0.717, 1.165) is 12.2 Å². The van der Waals surface area contributed by atoms with Gasteiger partial charge in [0.25, 0.3) is 0 Å². The highest BCUT2D eigenvalue weighted by Crippen LogP contribution is 2.43. The van der Waals surface area contributed by atoms with E-state index in [2.05, 4.69) is 55.3 Å². The van der Waals surface area contributed by atoms with Crippen molar-refractivity contribution >= 4 is 11.3 Å². The van der Waals surface area contributed by atoms with E-state index in [-0.39, 0.29) is 0 Å². The van der Waals surface area contributed by atoms with Crippen molar-refractivity contribution in [1.29, 1.82) is 0 Å². The van der Waals surface area contributed by atoms with Gasteiger partial charge in [0.2, 0.25) is 0 Å². The maximum absolute atomic E-state index is 4.34. The molecule has 3 heteroatoms. The molecule has 1 aliphatic rings. The molecule has 1 aromatic heterocycles. The van der Waals surface area contributed by atoms with E-state index in [1.165, 1.54) is 28.8 Å². The molecule has 1 atom stereocenters. The minimum absolute atomic E-state index is 0.299. The van der Waals surface area contributed by atoms with Crippen molar-refractivity contribution in [2.45, 2.75) is 46.2 Å². The molecule has 0 fully saturated rings. The summed E-state index contributed by atoms with van der Waals surface area (Å²) in [6, 6.07) is 9.30. The van der Waals surface area contributed by atoms with Crippen molar-refractivity contribution in [3.63, 3.8) is 0 Å². The molecular weight excluding hydrogens is 264 g/mol. The van der Waals surface area contributed by atoms with Gasteiger partial charge in [-0.15, -0.1) is 11.3 Å². The van der Waals surface area contributed by atoms with E-state index < -0.39 is 0 Å². The molecule has 3 rings (SSSR count). The predicted octanol–water partition coefficient (Wildman–Crippen LogP) is 4.25. The topological polar surface area (TPSA) is 24.9 Å². The van der Waals surface area contributed by atoms with E-state index in [1.807, 2.05) is 5.51 Å². The Balaban J connectivity index is 1.85. The molecule has 1 N–H and O–H groups in total. The highest BCUT2D eigenvalue weighted by molar-refractivity contribution is 7.09. The Morgan fingerprint density at radius 3 is 2.90 bits per heavy atom. The molecule has 0 saturated carbocycles. The van der Waals surface area contributed by atoms with Crippen LogP contribution in [0.15, 0.2) is 29.8 Å². The molecule has 0 bridgehead atoms. The lowest BCUT2D eigenvalue weighted by atomic mass is 9.70. The number of thiazole rings is 1.